The van der Waals surface area contributed by atoms with Gasteiger partial charge in [-0.15, -0.1) is 0 Å². The molecule has 5 heteroatoms. The Labute approximate surface area is 102 Å². The lowest BCUT2D eigenvalue weighted by Crippen LogP contribution is -2.45. The van der Waals surface area contributed by atoms with Gasteiger partial charge >= 0.3 is 0 Å². The number of aliphatic imine (C=N–C) groups is 1. The summed E-state index contributed by atoms with van der Waals surface area (Å²) in [6, 6.07) is 9.82. The lowest BCUT2D eigenvalue weighted by molar-refractivity contribution is 0.575. The SMILES string of the molecule is CCCN(C(=N)N)C(N)=NCc1ccccc1. The molecule has 1 aromatic rings. The molecule has 5 N–H and O–H groups in total. The van der Waals surface area contributed by atoms with Crippen LogP contribution in [0.15, 0.2) is 35.3 Å². The summed E-state index contributed by atoms with van der Waals surface area (Å²) in [6.07, 6.45) is 0.862. The number of nitrogens with two attached hydrogens (primary N) is 2. The van der Waals surface area contributed by atoms with Crippen molar-refractivity contribution >= 4 is 11.9 Å². The summed E-state index contributed by atoms with van der Waals surface area (Å²) in [5, 5.41) is 7.41. The fraction of sp³-hybridized carbons (Fsp3) is 0.333. The number of nitrogens with zero attached hydrogens (tertiary/aromatic N) is 2. The zero-order valence-corrected chi connectivity index (χ0v) is 10.1. The number of benzene rings is 1. The van der Waals surface area contributed by atoms with Crippen LogP contribution in [0.25, 0.3) is 0 Å². The summed E-state index contributed by atoms with van der Waals surface area (Å²) < 4.78 is 0. The molecule has 17 heavy (non-hydrogen) atoms. The van der Waals surface area contributed by atoms with E-state index in [4.69, 9.17) is 16.9 Å². The van der Waals surface area contributed by atoms with Crippen LogP contribution in [0.4, 0.5) is 0 Å². The largest absolute Gasteiger partial charge is 0.370 e. The van der Waals surface area contributed by atoms with Gasteiger partial charge in [-0.1, -0.05) is 37.3 Å². The highest BCUT2D eigenvalue weighted by atomic mass is 15.3. The fourth-order valence-corrected chi connectivity index (χ4v) is 1.42. The van der Waals surface area contributed by atoms with Crippen molar-refractivity contribution < 1.29 is 0 Å². The molecule has 0 spiro atoms. The summed E-state index contributed by atoms with van der Waals surface area (Å²) in [5.41, 5.74) is 12.3. The van der Waals surface area contributed by atoms with Gasteiger partial charge in [0.1, 0.15) is 0 Å². The average molecular weight is 233 g/mol. The predicted molar refractivity (Wildman–Crippen MR) is 70.7 cm³/mol. The smallest absolute Gasteiger partial charge is 0.198 e. The summed E-state index contributed by atoms with van der Waals surface area (Å²) >= 11 is 0. The van der Waals surface area contributed by atoms with Crippen molar-refractivity contribution in [1.82, 2.24) is 4.90 Å². The van der Waals surface area contributed by atoms with E-state index in [1.807, 2.05) is 37.3 Å². The van der Waals surface area contributed by atoms with Crippen LogP contribution in [0.1, 0.15) is 18.9 Å². The molecule has 0 amide bonds. The Hall–Kier alpha value is -2.04. The monoisotopic (exact) mass is 233 g/mol. The Kier molecular flexibility index (Phi) is 5.00. The lowest BCUT2D eigenvalue weighted by Gasteiger charge is -2.20. The van der Waals surface area contributed by atoms with E-state index in [1.54, 1.807) is 0 Å². The van der Waals surface area contributed by atoms with Crippen LogP contribution in [0.2, 0.25) is 0 Å². The topological polar surface area (TPSA) is 91.5 Å². The fourth-order valence-electron chi connectivity index (χ4n) is 1.42. The van der Waals surface area contributed by atoms with Crippen LogP contribution >= 0.6 is 0 Å². The summed E-state index contributed by atoms with van der Waals surface area (Å²) in [6.45, 7) is 3.11. The van der Waals surface area contributed by atoms with Gasteiger partial charge in [-0.2, -0.15) is 0 Å². The van der Waals surface area contributed by atoms with Gasteiger partial charge in [0.15, 0.2) is 11.9 Å². The van der Waals surface area contributed by atoms with Crippen molar-refractivity contribution in [3.05, 3.63) is 35.9 Å². The molecule has 1 aromatic carbocycles. The van der Waals surface area contributed by atoms with Gasteiger partial charge in [0.05, 0.1) is 6.54 Å². The Morgan fingerprint density at radius 3 is 2.47 bits per heavy atom. The molecule has 92 valence electrons. The van der Waals surface area contributed by atoms with Crippen molar-refractivity contribution in [1.29, 1.82) is 5.41 Å². The maximum atomic E-state index is 7.41. The highest BCUT2D eigenvalue weighted by Crippen LogP contribution is 2.01. The molecule has 1 rings (SSSR count). The number of guanidine groups is 2. The predicted octanol–water partition coefficient (Wildman–Crippen LogP) is 1.11. The van der Waals surface area contributed by atoms with Crippen LogP contribution in [-0.2, 0) is 6.54 Å². The van der Waals surface area contributed by atoms with Gasteiger partial charge in [-0.3, -0.25) is 10.3 Å². The minimum Gasteiger partial charge on any atom is -0.370 e. The molecule has 0 saturated heterocycles. The Morgan fingerprint density at radius 2 is 1.94 bits per heavy atom. The van der Waals surface area contributed by atoms with E-state index >= 15 is 0 Å². The van der Waals surface area contributed by atoms with E-state index in [9.17, 15) is 0 Å². The summed E-state index contributed by atoms with van der Waals surface area (Å²) in [7, 11) is 0. The van der Waals surface area contributed by atoms with Crippen molar-refractivity contribution in [2.24, 2.45) is 16.5 Å². The third-order valence-corrected chi connectivity index (χ3v) is 2.28. The molecule has 0 saturated carbocycles. The minimum atomic E-state index is -0.0684. The number of hydrogen-bond donors (Lipinski definition) is 3. The Balaban J connectivity index is 2.67. The van der Waals surface area contributed by atoms with Gasteiger partial charge in [0.25, 0.3) is 0 Å². The van der Waals surface area contributed by atoms with Crippen molar-refractivity contribution in [3.63, 3.8) is 0 Å². The van der Waals surface area contributed by atoms with Gasteiger partial charge in [0.2, 0.25) is 0 Å². The van der Waals surface area contributed by atoms with E-state index in [0.717, 1.165) is 12.0 Å². The van der Waals surface area contributed by atoms with Crippen molar-refractivity contribution in [2.75, 3.05) is 6.54 Å². The van der Waals surface area contributed by atoms with E-state index in [0.29, 0.717) is 19.0 Å². The quantitative estimate of drug-likeness (QED) is 0.537. The molecule has 0 atom stereocenters. The highest BCUT2D eigenvalue weighted by molar-refractivity contribution is 5.95. The molecule has 0 bridgehead atoms. The summed E-state index contributed by atoms with van der Waals surface area (Å²) in [4.78, 5) is 5.74. The number of hydrogen-bond acceptors (Lipinski definition) is 2. The first-order valence-corrected chi connectivity index (χ1v) is 5.60. The number of nitrogens with one attached hydrogen (secondary N) is 1. The second-order valence-electron chi connectivity index (χ2n) is 3.70. The molecule has 5 nitrogen and oxygen atoms in total. The maximum absolute atomic E-state index is 7.41. The normalized spacial score (nSPS) is 11.2. The van der Waals surface area contributed by atoms with Crippen LogP contribution in [-0.4, -0.2) is 23.4 Å². The van der Waals surface area contributed by atoms with Crippen molar-refractivity contribution in [2.45, 2.75) is 19.9 Å². The molecule has 0 heterocycles. The molecule has 0 aromatic heterocycles. The third-order valence-electron chi connectivity index (χ3n) is 2.28. The van der Waals surface area contributed by atoms with Crippen LogP contribution in [0.3, 0.4) is 0 Å². The van der Waals surface area contributed by atoms with Crippen LogP contribution < -0.4 is 11.5 Å². The van der Waals surface area contributed by atoms with E-state index in [1.165, 1.54) is 4.90 Å². The van der Waals surface area contributed by atoms with Crippen LogP contribution in [0.5, 0.6) is 0 Å². The average Bonchev–Trinajstić information content (AvgIpc) is 2.34. The molecule has 0 aliphatic heterocycles. The van der Waals surface area contributed by atoms with Gasteiger partial charge in [0, 0.05) is 6.54 Å². The standard InChI is InChI=1S/C12H19N5/c1-2-8-17(11(13)14)12(15)16-9-10-6-4-3-5-7-10/h3-7H,2,8-9H2,1H3,(H3,13,14)(H2,15,16). The second kappa shape index (κ2) is 6.52. The van der Waals surface area contributed by atoms with Gasteiger partial charge in [-0.05, 0) is 12.0 Å². The van der Waals surface area contributed by atoms with E-state index in [-0.39, 0.29) is 5.96 Å². The zero-order chi connectivity index (χ0) is 12.7. The van der Waals surface area contributed by atoms with Crippen LogP contribution in [0, 0.1) is 5.41 Å². The molecule has 0 fully saturated rings. The highest BCUT2D eigenvalue weighted by Gasteiger charge is 2.08. The molecule has 0 aliphatic carbocycles. The van der Waals surface area contributed by atoms with Crippen molar-refractivity contribution in [3.8, 4) is 0 Å². The molecule has 0 aliphatic rings. The molecule has 0 unspecified atom stereocenters. The molecular weight excluding hydrogens is 214 g/mol. The Morgan fingerprint density at radius 1 is 1.29 bits per heavy atom. The van der Waals surface area contributed by atoms with E-state index in [2.05, 4.69) is 4.99 Å². The second-order valence-corrected chi connectivity index (χ2v) is 3.70. The van der Waals surface area contributed by atoms with Gasteiger partial charge in [-0.25, -0.2) is 4.99 Å². The molecule has 0 radical (unpaired) electrons. The van der Waals surface area contributed by atoms with E-state index < -0.39 is 0 Å². The Bertz CT molecular complexity index is 385. The zero-order valence-electron chi connectivity index (χ0n) is 10.1. The first kappa shape index (κ1) is 13.0. The molecular formula is C12H19N5. The maximum Gasteiger partial charge on any atom is 0.198 e. The third kappa shape index (κ3) is 4.14. The lowest BCUT2D eigenvalue weighted by atomic mass is 10.2. The van der Waals surface area contributed by atoms with Gasteiger partial charge < -0.3 is 11.5 Å². The first-order valence-electron chi connectivity index (χ1n) is 5.60. The minimum absolute atomic E-state index is 0.0684. The first-order chi connectivity index (χ1) is 8.15. The summed E-state index contributed by atoms with van der Waals surface area (Å²) in [5.74, 6) is 0.226. The number of rotatable bonds is 4.